The van der Waals surface area contributed by atoms with Gasteiger partial charge in [-0.15, -0.1) is 0 Å². The molecule has 2 aromatic carbocycles. The molecule has 3 heterocycles. The molecule has 1 saturated heterocycles. The molecule has 2 unspecified atom stereocenters. The molecule has 0 saturated carbocycles. The van der Waals surface area contributed by atoms with E-state index in [4.69, 9.17) is 0 Å². The van der Waals surface area contributed by atoms with Gasteiger partial charge in [-0.3, -0.25) is 14.5 Å². The summed E-state index contributed by atoms with van der Waals surface area (Å²) in [4.78, 5) is 40.5. The first-order chi connectivity index (χ1) is 16.0. The third-order valence-corrected chi connectivity index (χ3v) is 6.32. The van der Waals surface area contributed by atoms with Gasteiger partial charge in [0, 0.05) is 30.6 Å². The molecule has 0 aliphatic carbocycles. The Hall–Kier alpha value is -3.82. The fourth-order valence-electron chi connectivity index (χ4n) is 4.74. The molecule has 3 amide bonds. The number of imide groups is 1. The number of nitrogens with one attached hydrogen (secondary N) is 2. The average Bonchev–Trinajstić information content (AvgIpc) is 3.29. The van der Waals surface area contributed by atoms with E-state index in [1.807, 2.05) is 0 Å². The fourth-order valence-corrected chi connectivity index (χ4v) is 4.74. The van der Waals surface area contributed by atoms with Crippen molar-refractivity contribution in [2.45, 2.75) is 31.3 Å². The number of H-pyrrole nitrogens is 1. The number of halogens is 2. The number of hydrogen-bond donors (Lipinski definition) is 2. The molecule has 0 spiro atoms. The van der Waals surface area contributed by atoms with Crippen LogP contribution in [0.2, 0.25) is 0 Å². The number of hydrogen-bond acceptors (Lipinski definition) is 5. The highest BCUT2D eigenvalue weighted by molar-refractivity contribution is 5.96. The van der Waals surface area contributed by atoms with Crippen molar-refractivity contribution in [3.63, 3.8) is 0 Å². The highest BCUT2D eigenvalue weighted by atomic mass is 19.1. The number of carbonyl (C=O) groups is 2. The zero-order chi connectivity index (χ0) is 23.1. The van der Waals surface area contributed by atoms with E-state index >= 15 is 0 Å². The van der Waals surface area contributed by atoms with Crippen LogP contribution in [0.5, 0.6) is 0 Å². The minimum atomic E-state index is -0.766. The summed E-state index contributed by atoms with van der Waals surface area (Å²) in [6.45, 7) is 1.11. The normalized spacial score (nSPS) is 19.8. The van der Waals surface area contributed by atoms with Crippen LogP contribution in [0.15, 0.2) is 41.2 Å². The number of amides is 3. The van der Waals surface area contributed by atoms with Gasteiger partial charge in [0.15, 0.2) is 0 Å². The summed E-state index contributed by atoms with van der Waals surface area (Å²) in [7, 11) is 0. The number of benzene rings is 2. The molecule has 2 aliphatic heterocycles. The topological polar surface area (TPSA) is 98.4 Å². The maximum Gasteiger partial charge on any atom is 0.326 e. The minimum absolute atomic E-state index is 0.110. The van der Waals surface area contributed by atoms with E-state index in [1.54, 1.807) is 17.0 Å². The summed E-state index contributed by atoms with van der Waals surface area (Å²) in [5.41, 5.74) is 0.783. The Balaban J connectivity index is 1.67. The Bertz CT molecular complexity index is 1290. The van der Waals surface area contributed by atoms with Crippen LogP contribution in [0, 0.1) is 11.6 Å². The highest BCUT2D eigenvalue weighted by Crippen LogP contribution is 2.37. The molecule has 170 valence electrons. The number of aromatic amines is 1. The Morgan fingerprint density at radius 3 is 2.55 bits per heavy atom. The smallest absolute Gasteiger partial charge is 0.326 e. The second-order valence-electron chi connectivity index (χ2n) is 8.31. The second-order valence-corrected chi connectivity index (χ2v) is 8.31. The summed E-state index contributed by atoms with van der Waals surface area (Å²) < 4.78 is 28.0. The number of carbonyl (C=O) groups excluding carboxylic acids is 2. The molecule has 0 radical (unpaired) electrons. The van der Waals surface area contributed by atoms with Gasteiger partial charge in [-0.2, -0.15) is 5.10 Å². The van der Waals surface area contributed by atoms with Gasteiger partial charge in [0.05, 0.1) is 23.2 Å². The molecule has 1 aromatic heterocycles. The van der Waals surface area contributed by atoms with Crippen LogP contribution in [0.1, 0.15) is 30.1 Å². The fraction of sp³-hybridized carbons (Fsp3) is 0.304. The van der Waals surface area contributed by atoms with Crippen LogP contribution < -0.4 is 10.9 Å². The standard InChI is InChI=1S/C23H21F2N5O3/c24-14-5-3-13(4-6-14)21-19(30(12-31)23(33)29-7-1-2-8-29)11-18-20-16(22(32)28-27-18)9-15(25)10-17(20)26-21/h3-6,9-10,12,19,21,26H,1-2,7-8,11H2,(H,28,32). The predicted octanol–water partition coefficient (Wildman–Crippen LogP) is 2.95. The van der Waals surface area contributed by atoms with Crippen LogP contribution >= 0.6 is 0 Å². The van der Waals surface area contributed by atoms with E-state index in [9.17, 15) is 23.2 Å². The SMILES string of the molecule is O=CN(C(=O)N1CCCC1)C1Cc2n[nH]c(=O)c3cc(F)cc(c23)NC1c1ccc(F)cc1. The second kappa shape index (κ2) is 8.27. The van der Waals surface area contributed by atoms with Gasteiger partial charge in [-0.1, -0.05) is 12.1 Å². The summed E-state index contributed by atoms with van der Waals surface area (Å²) in [5.74, 6) is -1.06. The molecule has 3 aromatic rings. The number of anilines is 1. The zero-order valence-electron chi connectivity index (χ0n) is 17.6. The van der Waals surface area contributed by atoms with Crippen LogP contribution in [0.3, 0.4) is 0 Å². The Morgan fingerprint density at radius 2 is 1.85 bits per heavy atom. The lowest BCUT2D eigenvalue weighted by Crippen LogP contribution is -2.50. The third kappa shape index (κ3) is 3.71. The molecular formula is C23H21F2N5O3. The van der Waals surface area contributed by atoms with Gasteiger partial charge in [-0.05, 0) is 42.7 Å². The van der Waals surface area contributed by atoms with E-state index in [2.05, 4.69) is 15.5 Å². The maximum atomic E-state index is 14.4. The number of aromatic nitrogens is 2. The first-order valence-electron chi connectivity index (χ1n) is 10.7. The van der Waals surface area contributed by atoms with Crippen LogP contribution in [-0.4, -0.2) is 51.6 Å². The van der Waals surface area contributed by atoms with E-state index in [0.717, 1.165) is 23.8 Å². The Morgan fingerprint density at radius 1 is 1.12 bits per heavy atom. The highest BCUT2D eigenvalue weighted by Gasteiger charge is 2.38. The van der Waals surface area contributed by atoms with E-state index in [-0.39, 0.29) is 11.8 Å². The van der Waals surface area contributed by atoms with Crippen molar-refractivity contribution in [3.8, 4) is 0 Å². The number of urea groups is 1. The third-order valence-electron chi connectivity index (χ3n) is 6.32. The average molecular weight is 453 g/mol. The molecule has 0 bridgehead atoms. The largest absolute Gasteiger partial charge is 0.375 e. The van der Waals surface area contributed by atoms with E-state index in [1.165, 1.54) is 18.2 Å². The molecular weight excluding hydrogens is 432 g/mol. The lowest BCUT2D eigenvalue weighted by Gasteiger charge is -2.35. The molecule has 2 atom stereocenters. The maximum absolute atomic E-state index is 14.4. The molecule has 33 heavy (non-hydrogen) atoms. The van der Waals surface area contributed by atoms with E-state index in [0.29, 0.717) is 41.8 Å². The van der Waals surface area contributed by atoms with Gasteiger partial charge in [-0.25, -0.2) is 18.7 Å². The van der Waals surface area contributed by atoms with Gasteiger partial charge in [0.1, 0.15) is 11.6 Å². The minimum Gasteiger partial charge on any atom is -0.375 e. The van der Waals surface area contributed by atoms with Gasteiger partial charge in [0.2, 0.25) is 6.41 Å². The van der Waals surface area contributed by atoms with Crippen molar-refractivity contribution in [2.75, 3.05) is 18.4 Å². The van der Waals surface area contributed by atoms with Crippen molar-refractivity contribution in [2.24, 2.45) is 0 Å². The first-order valence-corrected chi connectivity index (χ1v) is 10.7. The van der Waals surface area contributed by atoms with Crippen molar-refractivity contribution in [1.29, 1.82) is 0 Å². The lowest BCUT2D eigenvalue weighted by atomic mass is 9.95. The summed E-state index contributed by atoms with van der Waals surface area (Å²) >= 11 is 0. The number of likely N-dealkylation sites (tertiary alicyclic amines) is 1. The van der Waals surface area contributed by atoms with Crippen molar-refractivity contribution >= 4 is 28.9 Å². The van der Waals surface area contributed by atoms with Gasteiger partial charge >= 0.3 is 6.03 Å². The zero-order valence-corrected chi connectivity index (χ0v) is 17.6. The summed E-state index contributed by atoms with van der Waals surface area (Å²) in [5, 5.41) is 10.3. The van der Waals surface area contributed by atoms with Crippen LogP contribution in [-0.2, 0) is 11.2 Å². The molecule has 2 aliphatic rings. The monoisotopic (exact) mass is 453 g/mol. The molecule has 5 rings (SSSR count). The Kier molecular flexibility index (Phi) is 5.27. The molecule has 10 heteroatoms. The summed E-state index contributed by atoms with van der Waals surface area (Å²) in [6.07, 6.45) is 2.31. The first kappa shape index (κ1) is 21.0. The Labute approximate surface area is 187 Å². The summed E-state index contributed by atoms with van der Waals surface area (Å²) in [6, 6.07) is 6.15. The number of rotatable bonds is 3. The van der Waals surface area contributed by atoms with Crippen molar-refractivity contribution in [1.82, 2.24) is 20.0 Å². The molecule has 1 fully saturated rings. The van der Waals surface area contributed by atoms with Crippen LogP contribution in [0.4, 0.5) is 19.3 Å². The molecule has 8 nitrogen and oxygen atoms in total. The van der Waals surface area contributed by atoms with Crippen molar-refractivity contribution < 1.29 is 18.4 Å². The lowest BCUT2D eigenvalue weighted by molar-refractivity contribution is -0.118. The van der Waals surface area contributed by atoms with Gasteiger partial charge < -0.3 is 10.2 Å². The van der Waals surface area contributed by atoms with Gasteiger partial charge in [0.25, 0.3) is 5.56 Å². The quantitative estimate of drug-likeness (QED) is 0.595. The molecule has 2 N–H and O–H groups in total. The predicted molar refractivity (Wildman–Crippen MR) is 117 cm³/mol. The van der Waals surface area contributed by atoms with Crippen molar-refractivity contribution in [3.05, 3.63) is 69.6 Å². The van der Waals surface area contributed by atoms with E-state index < -0.39 is 35.3 Å². The number of nitrogens with zero attached hydrogens (tertiary/aromatic N) is 3. The van der Waals surface area contributed by atoms with Crippen LogP contribution in [0.25, 0.3) is 10.8 Å².